The van der Waals surface area contributed by atoms with Gasteiger partial charge in [-0.25, -0.2) is 4.39 Å². The van der Waals surface area contributed by atoms with Gasteiger partial charge in [0, 0.05) is 28.4 Å². The van der Waals surface area contributed by atoms with E-state index in [0.29, 0.717) is 35.1 Å². The summed E-state index contributed by atoms with van der Waals surface area (Å²) in [5.74, 6) is 0.347. The van der Waals surface area contributed by atoms with Crippen LogP contribution in [-0.2, 0) is 13.2 Å². The number of hydrogen-bond donors (Lipinski definition) is 2. The molecule has 0 aliphatic carbocycles. The van der Waals surface area contributed by atoms with E-state index in [-0.39, 0.29) is 12.4 Å². The van der Waals surface area contributed by atoms with E-state index in [4.69, 9.17) is 16.3 Å². The summed E-state index contributed by atoms with van der Waals surface area (Å²) in [5.41, 5.74) is 1.96. The molecule has 0 fully saturated rings. The summed E-state index contributed by atoms with van der Waals surface area (Å²) >= 11 is 5.86. The van der Waals surface area contributed by atoms with Gasteiger partial charge in [-0.3, -0.25) is 0 Å². The Balaban J connectivity index is 2.11. The molecule has 2 N–H and O–H groups in total. The van der Waals surface area contributed by atoms with Gasteiger partial charge in [-0.15, -0.1) is 0 Å². The molecule has 2 rings (SSSR count). The topological polar surface area (TPSA) is 41.5 Å². The van der Waals surface area contributed by atoms with Crippen LogP contribution in [0.15, 0.2) is 36.4 Å². The normalized spacial score (nSPS) is 10.5. The van der Waals surface area contributed by atoms with Crippen LogP contribution in [0.1, 0.15) is 18.1 Å². The average Bonchev–Trinajstić information content (AvgIpc) is 2.49. The number of ether oxygens (including phenoxy) is 1. The first-order chi connectivity index (χ1) is 10.1. The van der Waals surface area contributed by atoms with E-state index in [1.807, 2.05) is 13.0 Å². The number of nitrogens with one attached hydrogen (secondary N) is 1. The molecule has 0 atom stereocenters. The zero-order valence-electron chi connectivity index (χ0n) is 11.7. The number of anilines is 1. The summed E-state index contributed by atoms with van der Waals surface area (Å²) in [6.45, 7) is 2.62. The van der Waals surface area contributed by atoms with Gasteiger partial charge in [0.05, 0.1) is 13.2 Å². The van der Waals surface area contributed by atoms with Crippen molar-refractivity contribution in [2.75, 3.05) is 11.9 Å². The zero-order valence-corrected chi connectivity index (χ0v) is 12.5. The Morgan fingerprint density at radius 1 is 1.19 bits per heavy atom. The molecule has 0 heterocycles. The van der Waals surface area contributed by atoms with Crippen molar-refractivity contribution in [3.63, 3.8) is 0 Å². The molecular weight excluding hydrogens is 293 g/mol. The maximum Gasteiger partial charge on any atom is 0.128 e. The third-order valence-electron chi connectivity index (χ3n) is 3.02. The average molecular weight is 310 g/mol. The highest BCUT2D eigenvalue weighted by atomic mass is 35.5. The molecule has 0 amide bonds. The van der Waals surface area contributed by atoms with Crippen molar-refractivity contribution < 1.29 is 14.2 Å². The third kappa shape index (κ3) is 4.09. The van der Waals surface area contributed by atoms with Gasteiger partial charge in [-0.2, -0.15) is 0 Å². The molecule has 0 spiro atoms. The standard InChI is InChI=1S/C16H17ClFNO2/c1-2-21-16-6-4-14(8-12(16)10-20)19-9-11-7-13(17)3-5-15(11)18/h3-8,19-20H,2,9-10H2,1H3. The Morgan fingerprint density at radius 2 is 2.00 bits per heavy atom. The summed E-state index contributed by atoms with van der Waals surface area (Å²) in [7, 11) is 0. The van der Waals surface area contributed by atoms with Crippen LogP contribution < -0.4 is 10.1 Å². The molecule has 2 aromatic rings. The van der Waals surface area contributed by atoms with Crippen LogP contribution in [0.5, 0.6) is 5.75 Å². The minimum absolute atomic E-state index is 0.115. The second-order valence-corrected chi connectivity index (χ2v) is 4.94. The number of hydrogen-bond acceptors (Lipinski definition) is 3. The highest BCUT2D eigenvalue weighted by Crippen LogP contribution is 2.24. The van der Waals surface area contributed by atoms with Gasteiger partial charge in [-0.05, 0) is 43.3 Å². The first-order valence-electron chi connectivity index (χ1n) is 6.68. The molecule has 0 unspecified atom stereocenters. The van der Waals surface area contributed by atoms with Gasteiger partial charge < -0.3 is 15.2 Å². The van der Waals surface area contributed by atoms with Gasteiger partial charge in [0.2, 0.25) is 0 Å². The van der Waals surface area contributed by atoms with Crippen LogP contribution >= 0.6 is 11.6 Å². The van der Waals surface area contributed by atoms with Crippen molar-refractivity contribution in [3.8, 4) is 5.75 Å². The van der Waals surface area contributed by atoms with Crippen LogP contribution in [0.4, 0.5) is 10.1 Å². The molecule has 3 nitrogen and oxygen atoms in total. The quantitative estimate of drug-likeness (QED) is 0.848. The Kier molecular flexibility index (Phi) is 5.42. The number of benzene rings is 2. The molecular formula is C16H17ClFNO2. The number of rotatable bonds is 6. The third-order valence-corrected chi connectivity index (χ3v) is 3.26. The monoisotopic (exact) mass is 309 g/mol. The molecule has 0 aliphatic rings. The lowest BCUT2D eigenvalue weighted by Gasteiger charge is -2.12. The highest BCUT2D eigenvalue weighted by Gasteiger charge is 2.06. The second-order valence-electron chi connectivity index (χ2n) is 4.50. The Morgan fingerprint density at radius 3 is 2.71 bits per heavy atom. The smallest absolute Gasteiger partial charge is 0.128 e. The Hall–Kier alpha value is -1.78. The molecule has 0 aromatic heterocycles. The van der Waals surface area contributed by atoms with E-state index in [1.54, 1.807) is 18.2 Å². The summed E-state index contributed by atoms with van der Waals surface area (Å²) in [4.78, 5) is 0. The van der Waals surface area contributed by atoms with Crippen molar-refractivity contribution in [1.82, 2.24) is 0 Å². The van der Waals surface area contributed by atoms with E-state index in [1.165, 1.54) is 12.1 Å². The number of halogens is 2. The minimum Gasteiger partial charge on any atom is -0.494 e. The van der Waals surface area contributed by atoms with Gasteiger partial charge in [0.1, 0.15) is 11.6 Å². The van der Waals surface area contributed by atoms with Crippen molar-refractivity contribution in [3.05, 3.63) is 58.4 Å². The fraction of sp³-hybridized carbons (Fsp3) is 0.250. The predicted octanol–water partition coefficient (Wildman–Crippen LogP) is 3.98. The zero-order chi connectivity index (χ0) is 15.2. The lowest BCUT2D eigenvalue weighted by Crippen LogP contribution is -2.03. The van der Waals surface area contributed by atoms with Crippen LogP contribution in [0.3, 0.4) is 0 Å². The molecule has 112 valence electrons. The molecule has 0 saturated carbocycles. The Labute approximate surface area is 128 Å². The fourth-order valence-corrected chi connectivity index (χ4v) is 2.18. The Bertz CT molecular complexity index is 619. The summed E-state index contributed by atoms with van der Waals surface area (Å²) in [6, 6.07) is 9.84. The van der Waals surface area contributed by atoms with Crippen LogP contribution in [0.2, 0.25) is 5.02 Å². The van der Waals surface area contributed by atoms with Gasteiger partial charge in [0.15, 0.2) is 0 Å². The SMILES string of the molecule is CCOc1ccc(NCc2cc(Cl)ccc2F)cc1CO. The largest absolute Gasteiger partial charge is 0.494 e. The maximum absolute atomic E-state index is 13.6. The number of aliphatic hydroxyl groups excluding tert-OH is 1. The first-order valence-corrected chi connectivity index (χ1v) is 7.06. The van der Waals surface area contributed by atoms with E-state index in [9.17, 15) is 9.50 Å². The van der Waals surface area contributed by atoms with Gasteiger partial charge in [-0.1, -0.05) is 11.6 Å². The highest BCUT2D eigenvalue weighted by molar-refractivity contribution is 6.30. The predicted molar refractivity (Wildman–Crippen MR) is 82.3 cm³/mol. The van der Waals surface area contributed by atoms with E-state index >= 15 is 0 Å². The van der Waals surface area contributed by atoms with Crippen LogP contribution in [-0.4, -0.2) is 11.7 Å². The molecule has 21 heavy (non-hydrogen) atoms. The lowest BCUT2D eigenvalue weighted by atomic mass is 10.1. The first kappa shape index (κ1) is 15.6. The van der Waals surface area contributed by atoms with Crippen molar-refractivity contribution in [1.29, 1.82) is 0 Å². The molecule has 2 aromatic carbocycles. The van der Waals surface area contributed by atoms with E-state index in [2.05, 4.69) is 5.32 Å². The van der Waals surface area contributed by atoms with Crippen molar-refractivity contribution in [2.24, 2.45) is 0 Å². The molecule has 0 aliphatic heterocycles. The molecule has 0 saturated heterocycles. The summed E-state index contributed by atoms with van der Waals surface area (Å²) < 4.78 is 19.0. The molecule has 5 heteroatoms. The minimum atomic E-state index is -0.305. The lowest BCUT2D eigenvalue weighted by molar-refractivity contribution is 0.267. The van der Waals surface area contributed by atoms with E-state index in [0.717, 1.165) is 5.69 Å². The van der Waals surface area contributed by atoms with Crippen LogP contribution in [0, 0.1) is 5.82 Å². The fourth-order valence-electron chi connectivity index (χ4n) is 1.99. The summed E-state index contributed by atoms with van der Waals surface area (Å²) in [6.07, 6.45) is 0. The van der Waals surface area contributed by atoms with Gasteiger partial charge in [0.25, 0.3) is 0 Å². The number of aliphatic hydroxyl groups is 1. The van der Waals surface area contributed by atoms with Crippen molar-refractivity contribution in [2.45, 2.75) is 20.1 Å². The van der Waals surface area contributed by atoms with Gasteiger partial charge >= 0.3 is 0 Å². The van der Waals surface area contributed by atoms with E-state index < -0.39 is 0 Å². The van der Waals surface area contributed by atoms with Crippen molar-refractivity contribution >= 4 is 17.3 Å². The summed E-state index contributed by atoms with van der Waals surface area (Å²) in [5, 5.41) is 13.0. The molecule has 0 radical (unpaired) electrons. The maximum atomic E-state index is 13.6. The second kappa shape index (κ2) is 7.29. The van der Waals surface area contributed by atoms with Crippen LogP contribution in [0.25, 0.3) is 0 Å². The molecule has 0 bridgehead atoms.